The Kier molecular flexibility index (Phi) is 5.99. The van der Waals surface area contributed by atoms with Crippen molar-refractivity contribution < 1.29 is 14.3 Å². The van der Waals surface area contributed by atoms with Crippen molar-refractivity contribution >= 4 is 16.9 Å². The molecule has 1 aliphatic carbocycles. The third kappa shape index (κ3) is 4.39. The molecule has 1 saturated carbocycles. The summed E-state index contributed by atoms with van der Waals surface area (Å²) in [5.74, 6) is 2.09. The van der Waals surface area contributed by atoms with E-state index in [9.17, 15) is 0 Å². The Bertz CT molecular complexity index is 1440. The van der Waals surface area contributed by atoms with E-state index in [2.05, 4.69) is 20.2 Å². The molecular formula is C26H30N8O3. The number of nitrogens with zero attached hydrogens (tertiary/aromatic N) is 7. The van der Waals surface area contributed by atoms with Gasteiger partial charge in [0.1, 0.15) is 11.8 Å². The lowest BCUT2D eigenvalue weighted by Crippen LogP contribution is -2.32. The molecule has 1 unspecified atom stereocenters. The first-order valence-electron chi connectivity index (χ1n) is 12.6. The van der Waals surface area contributed by atoms with E-state index in [0.29, 0.717) is 35.8 Å². The maximum atomic E-state index is 6.29. The van der Waals surface area contributed by atoms with E-state index in [1.54, 1.807) is 18.0 Å². The lowest BCUT2D eigenvalue weighted by molar-refractivity contribution is -0.0158. The standard InChI is InChI=1S/C26H30N8O3/c1-26(15-33-24-23(20(14-27)28-16-29-24)31-25(33)34-11-5-10-30-34)13-19(32-37-26)17-8-9-21(35-2)22(12-17)36-18-6-3-4-7-18/h5,8-12,16,18H,3-4,6-7,13-15,27H2,1-2H3. The molecule has 0 bridgehead atoms. The molecule has 0 spiro atoms. The van der Waals surface area contributed by atoms with Gasteiger partial charge in [0.25, 0.3) is 0 Å². The molecule has 4 aromatic rings. The van der Waals surface area contributed by atoms with E-state index in [0.717, 1.165) is 35.6 Å². The van der Waals surface area contributed by atoms with Crippen molar-refractivity contribution in [3.05, 3.63) is 54.2 Å². The number of aromatic nitrogens is 6. The minimum Gasteiger partial charge on any atom is -0.493 e. The molecule has 0 radical (unpaired) electrons. The minimum absolute atomic E-state index is 0.229. The molecule has 37 heavy (non-hydrogen) atoms. The van der Waals surface area contributed by atoms with E-state index in [1.807, 2.05) is 42.0 Å². The molecule has 3 aromatic heterocycles. The Morgan fingerprint density at radius 2 is 2.05 bits per heavy atom. The van der Waals surface area contributed by atoms with Gasteiger partial charge in [0, 0.05) is 30.9 Å². The number of ether oxygens (including phenoxy) is 2. The summed E-state index contributed by atoms with van der Waals surface area (Å²) in [5, 5.41) is 8.87. The Hall–Kier alpha value is -3.99. The fraction of sp³-hybridized carbons (Fsp3) is 0.423. The Labute approximate surface area is 214 Å². The molecule has 1 aliphatic heterocycles. The molecule has 1 aromatic carbocycles. The number of hydrogen-bond donors (Lipinski definition) is 1. The molecule has 2 N–H and O–H groups in total. The number of rotatable bonds is 8. The molecular weight excluding hydrogens is 472 g/mol. The van der Waals surface area contributed by atoms with Crippen LogP contribution in [0.25, 0.3) is 17.1 Å². The lowest BCUT2D eigenvalue weighted by atomic mass is 9.95. The van der Waals surface area contributed by atoms with Crippen molar-refractivity contribution in [2.75, 3.05) is 7.11 Å². The second kappa shape index (κ2) is 9.47. The van der Waals surface area contributed by atoms with E-state index in [4.69, 9.17) is 25.0 Å². The van der Waals surface area contributed by atoms with Crippen LogP contribution in [-0.2, 0) is 17.9 Å². The van der Waals surface area contributed by atoms with Crippen LogP contribution in [0.4, 0.5) is 0 Å². The summed E-state index contributed by atoms with van der Waals surface area (Å²) in [6.07, 6.45) is 10.4. The van der Waals surface area contributed by atoms with Crippen LogP contribution in [-0.4, -0.2) is 53.8 Å². The van der Waals surface area contributed by atoms with Gasteiger partial charge in [-0.2, -0.15) is 5.10 Å². The largest absolute Gasteiger partial charge is 0.493 e. The molecule has 2 aliphatic rings. The minimum atomic E-state index is -0.634. The van der Waals surface area contributed by atoms with Crippen LogP contribution in [0.1, 0.15) is 50.3 Å². The van der Waals surface area contributed by atoms with Gasteiger partial charge in [-0.05, 0) is 56.9 Å². The van der Waals surface area contributed by atoms with Gasteiger partial charge in [-0.3, -0.25) is 4.57 Å². The second-order valence-electron chi connectivity index (χ2n) is 9.79. The molecule has 4 heterocycles. The van der Waals surface area contributed by atoms with Crippen molar-refractivity contribution in [1.82, 2.24) is 29.3 Å². The van der Waals surface area contributed by atoms with Gasteiger partial charge in [-0.15, -0.1) is 0 Å². The highest BCUT2D eigenvalue weighted by molar-refractivity contribution is 6.02. The molecule has 6 rings (SSSR count). The Balaban J connectivity index is 1.29. The number of methoxy groups -OCH3 is 1. The molecule has 192 valence electrons. The highest BCUT2D eigenvalue weighted by Crippen LogP contribution is 2.36. The van der Waals surface area contributed by atoms with E-state index in [1.165, 1.54) is 19.2 Å². The summed E-state index contributed by atoms with van der Waals surface area (Å²) in [6.45, 7) is 2.75. The SMILES string of the molecule is COc1ccc(C2=NOC(C)(Cn3c(-n4cccn4)nc4c(CN)ncnc43)C2)cc1OC1CCCC1. The average molecular weight is 503 g/mol. The normalized spacial score (nSPS) is 19.8. The van der Waals surface area contributed by atoms with Crippen LogP contribution in [0.5, 0.6) is 11.5 Å². The quantitative estimate of drug-likeness (QED) is 0.388. The van der Waals surface area contributed by atoms with Crippen LogP contribution in [0, 0.1) is 0 Å². The van der Waals surface area contributed by atoms with Crippen molar-refractivity contribution in [2.24, 2.45) is 10.9 Å². The highest BCUT2D eigenvalue weighted by Gasteiger charge is 2.37. The van der Waals surface area contributed by atoms with Crippen LogP contribution < -0.4 is 15.2 Å². The van der Waals surface area contributed by atoms with Gasteiger partial charge in [-0.25, -0.2) is 19.6 Å². The first kappa shape index (κ1) is 23.4. The molecule has 1 atom stereocenters. The maximum absolute atomic E-state index is 6.29. The average Bonchev–Trinajstić information content (AvgIpc) is 3.72. The fourth-order valence-corrected chi connectivity index (χ4v) is 5.12. The fourth-order valence-electron chi connectivity index (χ4n) is 5.12. The number of hydrogen-bond acceptors (Lipinski definition) is 9. The van der Waals surface area contributed by atoms with Gasteiger partial charge in [0.2, 0.25) is 5.95 Å². The Morgan fingerprint density at radius 3 is 2.81 bits per heavy atom. The van der Waals surface area contributed by atoms with Crippen LogP contribution in [0.3, 0.4) is 0 Å². The zero-order valence-electron chi connectivity index (χ0n) is 21.0. The van der Waals surface area contributed by atoms with Crippen molar-refractivity contribution in [3.8, 4) is 17.4 Å². The zero-order chi connectivity index (χ0) is 25.4. The summed E-state index contributed by atoms with van der Waals surface area (Å²) in [6, 6.07) is 7.79. The molecule has 1 fully saturated rings. The topological polar surface area (TPSA) is 127 Å². The summed E-state index contributed by atoms with van der Waals surface area (Å²) < 4.78 is 15.5. The molecule has 0 amide bonds. The molecule has 0 saturated heterocycles. The number of nitrogens with two attached hydrogens (primary N) is 1. The van der Waals surface area contributed by atoms with Crippen LogP contribution >= 0.6 is 0 Å². The third-order valence-corrected chi connectivity index (χ3v) is 6.99. The monoisotopic (exact) mass is 502 g/mol. The third-order valence-electron chi connectivity index (χ3n) is 6.99. The van der Waals surface area contributed by atoms with Gasteiger partial charge in [-0.1, -0.05) is 5.16 Å². The summed E-state index contributed by atoms with van der Waals surface area (Å²) in [5.41, 5.74) is 9.11. The zero-order valence-corrected chi connectivity index (χ0v) is 21.0. The Morgan fingerprint density at radius 1 is 1.19 bits per heavy atom. The van der Waals surface area contributed by atoms with Gasteiger partial charge in [0.15, 0.2) is 22.7 Å². The van der Waals surface area contributed by atoms with Crippen molar-refractivity contribution in [2.45, 2.75) is 63.8 Å². The van der Waals surface area contributed by atoms with Gasteiger partial charge < -0.3 is 20.0 Å². The van der Waals surface area contributed by atoms with Gasteiger partial charge >= 0.3 is 0 Å². The number of imidazole rings is 1. The van der Waals surface area contributed by atoms with Crippen LogP contribution in [0.15, 0.2) is 48.1 Å². The second-order valence-corrected chi connectivity index (χ2v) is 9.79. The number of benzene rings is 1. The summed E-state index contributed by atoms with van der Waals surface area (Å²) in [7, 11) is 1.66. The highest BCUT2D eigenvalue weighted by atomic mass is 16.7. The van der Waals surface area contributed by atoms with Crippen LogP contribution in [0.2, 0.25) is 0 Å². The predicted octanol–water partition coefficient (Wildman–Crippen LogP) is 3.38. The lowest BCUT2D eigenvalue weighted by Gasteiger charge is -2.23. The number of fused-ring (bicyclic) bond motifs is 1. The van der Waals surface area contributed by atoms with E-state index in [-0.39, 0.29) is 12.6 Å². The van der Waals surface area contributed by atoms with Gasteiger partial charge in [0.05, 0.1) is 31.2 Å². The molecule has 11 nitrogen and oxygen atoms in total. The van der Waals surface area contributed by atoms with E-state index < -0.39 is 5.60 Å². The predicted molar refractivity (Wildman–Crippen MR) is 137 cm³/mol. The maximum Gasteiger partial charge on any atom is 0.233 e. The first-order valence-corrected chi connectivity index (χ1v) is 12.6. The summed E-state index contributed by atoms with van der Waals surface area (Å²) in [4.78, 5) is 19.7. The van der Waals surface area contributed by atoms with E-state index >= 15 is 0 Å². The number of oxime groups is 1. The summed E-state index contributed by atoms with van der Waals surface area (Å²) >= 11 is 0. The first-order chi connectivity index (χ1) is 18.1. The smallest absolute Gasteiger partial charge is 0.233 e. The molecule has 11 heteroatoms. The van der Waals surface area contributed by atoms with Crippen molar-refractivity contribution in [1.29, 1.82) is 0 Å². The van der Waals surface area contributed by atoms with Crippen molar-refractivity contribution in [3.63, 3.8) is 0 Å².